The van der Waals surface area contributed by atoms with Gasteiger partial charge in [0.1, 0.15) is 5.54 Å². The van der Waals surface area contributed by atoms with Gasteiger partial charge in [0.15, 0.2) is 0 Å². The SMILES string of the molecule is CCOC(=O)C(C)(Cc1ccccc1)NCC(=O)NC1(c2ccccc2)CCC1. The molecule has 0 spiro atoms. The highest BCUT2D eigenvalue weighted by atomic mass is 16.5. The lowest BCUT2D eigenvalue weighted by atomic mass is 9.72. The quantitative estimate of drug-likeness (QED) is 0.640. The summed E-state index contributed by atoms with van der Waals surface area (Å²) in [7, 11) is 0. The molecule has 2 aromatic rings. The van der Waals surface area contributed by atoms with Crippen molar-refractivity contribution in [1.29, 1.82) is 0 Å². The largest absolute Gasteiger partial charge is 0.465 e. The number of amides is 1. The Morgan fingerprint density at radius 1 is 1.03 bits per heavy atom. The zero-order chi connectivity index (χ0) is 20.7. The van der Waals surface area contributed by atoms with Gasteiger partial charge in [0.25, 0.3) is 0 Å². The van der Waals surface area contributed by atoms with Crippen LogP contribution in [-0.4, -0.2) is 30.6 Å². The van der Waals surface area contributed by atoms with E-state index in [-0.39, 0.29) is 24.0 Å². The van der Waals surface area contributed by atoms with Gasteiger partial charge in [-0.2, -0.15) is 0 Å². The molecule has 1 atom stereocenters. The number of carbonyl (C=O) groups excluding carboxylic acids is 2. The maximum atomic E-state index is 12.8. The van der Waals surface area contributed by atoms with Crippen molar-refractivity contribution in [1.82, 2.24) is 10.6 Å². The van der Waals surface area contributed by atoms with Crippen molar-refractivity contribution in [3.8, 4) is 0 Å². The molecule has 2 N–H and O–H groups in total. The van der Waals surface area contributed by atoms with Gasteiger partial charge in [-0.25, -0.2) is 0 Å². The molecule has 0 bridgehead atoms. The fourth-order valence-corrected chi connectivity index (χ4v) is 3.86. The number of carbonyl (C=O) groups is 2. The monoisotopic (exact) mass is 394 g/mol. The van der Waals surface area contributed by atoms with E-state index >= 15 is 0 Å². The topological polar surface area (TPSA) is 67.4 Å². The summed E-state index contributed by atoms with van der Waals surface area (Å²) in [5.74, 6) is -0.463. The van der Waals surface area contributed by atoms with Crippen molar-refractivity contribution in [2.24, 2.45) is 0 Å². The van der Waals surface area contributed by atoms with Crippen LogP contribution in [0.15, 0.2) is 60.7 Å². The van der Waals surface area contributed by atoms with E-state index in [2.05, 4.69) is 22.8 Å². The van der Waals surface area contributed by atoms with Crippen LogP contribution in [0.2, 0.25) is 0 Å². The third-order valence-corrected chi connectivity index (χ3v) is 5.68. The van der Waals surface area contributed by atoms with Crippen LogP contribution in [0.25, 0.3) is 0 Å². The van der Waals surface area contributed by atoms with Crippen molar-refractivity contribution in [2.45, 2.75) is 50.6 Å². The zero-order valence-electron chi connectivity index (χ0n) is 17.2. The van der Waals surface area contributed by atoms with Gasteiger partial charge in [-0.3, -0.25) is 14.9 Å². The molecule has 1 fully saturated rings. The molecule has 0 saturated heterocycles. The Labute approximate surface area is 172 Å². The number of benzene rings is 2. The zero-order valence-corrected chi connectivity index (χ0v) is 17.2. The molecule has 5 nitrogen and oxygen atoms in total. The maximum absolute atomic E-state index is 12.8. The van der Waals surface area contributed by atoms with Gasteiger partial charge in [-0.1, -0.05) is 60.7 Å². The highest BCUT2D eigenvalue weighted by Gasteiger charge is 2.41. The normalized spacial score (nSPS) is 16.9. The van der Waals surface area contributed by atoms with Crippen LogP contribution < -0.4 is 10.6 Å². The Morgan fingerprint density at radius 2 is 1.66 bits per heavy atom. The molecule has 29 heavy (non-hydrogen) atoms. The summed E-state index contributed by atoms with van der Waals surface area (Å²) in [4.78, 5) is 25.4. The maximum Gasteiger partial charge on any atom is 0.326 e. The second-order valence-corrected chi connectivity index (χ2v) is 7.92. The van der Waals surface area contributed by atoms with E-state index in [1.165, 1.54) is 0 Å². The van der Waals surface area contributed by atoms with Crippen molar-refractivity contribution < 1.29 is 14.3 Å². The molecule has 154 valence electrons. The van der Waals surface area contributed by atoms with Crippen LogP contribution >= 0.6 is 0 Å². The molecule has 1 aliphatic carbocycles. The minimum Gasteiger partial charge on any atom is -0.465 e. The standard InChI is InChI=1S/C24H30N2O3/c1-3-29-22(28)23(2,17-19-11-6-4-7-12-19)25-18-21(27)26-24(15-10-16-24)20-13-8-5-9-14-20/h4-9,11-14,25H,3,10,15-18H2,1-2H3,(H,26,27). The second-order valence-electron chi connectivity index (χ2n) is 7.92. The Bertz CT molecular complexity index is 819. The van der Waals surface area contributed by atoms with E-state index in [4.69, 9.17) is 4.74 Å². The predicted octanol–water partition coefficient (Wildman–Crippen LogP) is 3.34. The van der Waals surface area contributed by atoms with Crippen LogP contribution in [0.3, 0.4) is 0 Å². The molecule has 0 aromatic heterocycles. The molecule has 0 radical (unpaired) electrons. The van der Waals surface area contributed by atoms with Gasteiger partial charge >= 0.3 is 5.97 Å². The molecular formula is C24H30N2O3. The summed E-state index contributed by atoms with van der Waals surface area (Å²) in [6.07, 6.45) is 3.41. The summed E-state index contributed by atoms with van der Waals surface area (Å²) >= 11 is 0. The van der Waals surface area contributed by atoms with Crippen LogP contribution in [0, 0.1) is 0 Å². The number of ether oxygens (including phenoxy) is 1. The van der Waals surface area contributed by atoms with Crippen molar-refractivity contribution in [3.05, 3.63) is 71.8 Å². The summed E-state index contributed by atoms with van der Waals surface area (Å²) in [6, 6.07) is 19.9. The minimum atomic E-state index is -0.978. The summed E-state index contributed by atoms with van der Waals surface area (Å²) in [5.41, 5.74) is 0.876. The minimum absolute atomic E-state index is 0.0523. The van der Waals surface area contributed by atoms with E-state index in [0.717, 1.165) is 30.4 Å². The van der Waals surface area contributed by atoms with Crippen molar-refractivity contribution in [2.75, 3.05) is 13.2 Å². The fourth-order valence-electron chi connectivity index (χ4n) is 3.86. The lowest BCUT2D eigenvalue weighted by molar-refractivity contribution is -0.150. The molecule has 1 amide bonds. The Hall–Kier alpha value is -2.66. The van der Waals surface area contributed by atoms with E-state index in [0.29, 0.717) is 13.0 Å². The number of hydrogen-bond donors (Lipinski definition) is 2. The highest BCUT2D eigenvalue weighted by Crippen LogP contribution is 2.41. The lowest BCUT2D eigenvalue weighted by Gasteiger charge is -2.43. The second kappa shape index (κ2) is 9.23. The Balaban J connectivity index is 1.67. The number of rotatable bonds is 9. The average Bonchev–Trinajstić information content (AvgIpc) is 2.71. The molecular weight excluding hydrogens is 364 g/mol. The van der Waals surface area contributed by atoms with Crippen LogP contribution in [0.4, 0.5) is 0 Å². The molecule has 1 unspecified atom stereocenters. The Kier molecular flexibility index (Phi) is 6.70. The third-order valence-electron chi connectivity index (χ3n) is 5.68. The summed E-state index contributed by atoms with van der Waals surface area (Å²) < 4.78 is 5.28. The van der Waals surface area contributed by atoms with E-state index in [1.54, 1.807) is 13.8 Å². The van der Waals surface area contributed by atoms with E-state index < -0.39 is 5.54 Å². The van der Waals surface area contributed by atoms with E-state index in [9.17, 15) is 9.59 Å². The van der Waals surface area contributed by atoms with Crippen LogP contribution in [0.1, 0.15) is 44.2 Å². The van der Waals surface area contributed by atoms with Crippen molar-refractivity contribution >= 4 is 11.9 Å². The van der Waals surface area contributed by atoms with Gasteiger partial charge in [-0.05, 0) is 44.2 Å². The summed E-state index contributed by atoms with van der Waals surface area (Å²) in [6.45, 7) is 3.93. The fraction of sp³-hybridized carbons (Fsp3) is 0.417. The molecule has 1 aliphatic rings. The lowest BCUT2D eigenvalue weighted by Crippen LogP contribution is -2.58. The van der Waals surface area contributed by atoms with E-state index in [1.807, 2.05) is 48.5 Å². The Morgan fingerprint density at radius 3 is 2.21 bits per heavy atom. The number of esters is 1. The molecule has 0 aliphatic heterocycles. The van der Waals surface area contributed by atoms with Crippen LogP contribution in [0.5, 0.6) is 0 Å². The van der Waals surface area contributed by atoms with Gasteiger partial charge < -0.3 is 10.1 Å². The van der Waals surface area contributed by atoms with Crippen molar-refractivity contribution in [3.63, 3.8) is 0 Å². The smallest absolute Gasteiger partial charge is 0.326 e. The number of nitrogens with one attached hydrogen (secondary N) is 2. The van der Waals surface area contributed by atoms with Crippen LogP contribution in [-0.2, 0) is 26.3 Å². The summed E-state index contributed by atoms with van der Waals surface area (Å²) in [5, 5.41) is 6.36. The first-order valence-electron chi connectivity index (χ1n) is 10.3. The predicted molar refractivity (Wildman–Crippen MR) is 113 cm³/mol. The molecule has 3 rings (SSSR count). The first-order chi connectivity index (χ1) is 14.0. The first kappa shape index (κ1) is 21.1. The molecule has 1 saturated carbocycles. The first-order valence-corrected chi connectivity index (χ1v) is 10.3. The molecule has 0 heterocycles. The van der Waals surface area contributed by atoms with Gasteiger partial charge in [0.05, 0.1) is 18.7 Å². The average molecular weight is 395 g/mol. The van der Waals surface area contributed by atoms with Gasteiger partial charge in [-0.15, -0.1) is 0 Å². The van der Waals surface area contributed by atoms with Gasteiger partial charge in [0, 0.05) is 6.42 Å². The highest BCUT2D eigenvalue weighted by molar-refractivity contribution is 5.84. The van der Waals surface area contributed by atoms with Gasteiger partial charge in [0.2, 0.25) is 5.91 Å². The molecule has 2 aromatic carbocycles. The third kappa shape index (κ3) is 5.04. The number of hydrogen-bond acceptors (Lipinski definition) is 4. The molecule has 5 heteroatoms.